The van der Waals surface area contributed by atoms with Crippen LogP contribution in [0.2, 0.25) is 0 Å². The van der Waals surface area contributed by atoms with Gasteiger partial charge in [0.05, 0.1) is 22.8 Å². The number of carbonyl (C=O) groups is 1. The summed E-state index contributed by atoms with van der Waals surface area (Å²) in [5, 5.41) is 7.96. The molecule has 4 aromatic rings. The minimum absolute atomic E-state index is 0. The van der Waals surface area contributed by atoms with Crippen molar-refractivity contribution in [2.45, 2.75) is 41.7 Å². The number of hydrogen-bond donors (Lipinski definition) is 2. The highest BCUT2D eigenvalue weighted by molar-refractivity contribution is 5.97. The Kier molecular flexibility index (Phi) is 12.4. The van der Waals surface area contributed by atoms with Crippen molar-refractivity contribution in [3.63, 3.8) is 0 Å². The van der Waals surface area contributed by atoms with Gasteiger partial charge in [0.25, 0.3) is 0 Å². The van der Waals surface area contributed by atoms with Gasteiger partial charge in [-0.1, -0.05) is 24.3 Å². The fourth-order valence-electron chi connectivity index (χ4n) is 4.05. The number of nitrogens with one attached hydrogen (secondary N) is 1. The van der Waals surface area contributed by atoms with Gasteiger partial charge in [0.2, 0.25) is 0 Å². The first-order chi connectivity index (χ1) is 23.4. The van der Waals surface area contributed by atoms with E-state index in [-0.39, 0.29) is 11.0 Å². The molecule has 0 saturated carbocycles. The standard InChI is InChI=1S/C29H15F15N4O.CH4O.H2O/c30-23(31,24(32,33)25(34,35)26(36,37)27(38,39)28(40,41)29(42,43)44)22(49)47-17-9-7-15(8-10-17)16-13-20(18-5-1-3-11-45-18)48-21(14-16)19-6-2-4-12-46-19;1-2;/h1-14H,(H,47,49);2H,1H3;1H2. The van der Waals surface area contributed by atoms with Gasteiger partial charge in [-0.15, -0.1) is 0 Å². The molecule has 0 spiro atoms. The molecule has 3 aromatic heterocycles. The molecule has 0 aliphatic heterocycles. The lowest BCUT2D eigenvalue weighted by molar-refractivity contribution is -0.449. The lowest BCUT2D eigenvalue weighted by Crippen LogP contribution is -2.73. The maximum absolute atomic E-state index is 14.3. The molecule has 0 saturated heterocycles. The fourth-order valence-corrected chi connectivity index (χ4v) is 4.05. The van der Waals surface area contributed by atoms with Crippen molar-refractivity contribution in [3.05, 3.63) is 85.2 Å². The number of aliphatic hydroxyl groups is 1. The minimum atomic E-state index is -8.50. The third kappa shape index (κ3) is 7.34. The number of benzene rings is 1. The van der Waals surface area contributed by atoms with E-state index < -0.39 is 53.3 Å². The minimum Gasteiger partial charge on any atom is -0.412 e. The summed E-state index contributed by atoms with van der Waals surface area (Å²) in [6.07, 6.45) is -4.81. The van der Waals surface area contributed by atoms with E-state index in [1.54, 1.807) is 36.4 Å². The Labute approximate surface area is 281 Å². The van der Waals surface area contributed by atoms with Gasteiger partial charge in [-0.3, -0.25) is 14.8 Å². The largest absolute Gasteiger partial charge is 0.460 e. The number of rotatable bonds is 10. The zero-order valence-corrected chi connectivity index (χ0v) is 25.4. The Hall–Kier alpha value is -4.99. The highest BCUT2D eigenvalue weighted by atomic mass is 19.4. The third-order valence-corrected chi connectivity index (χ3v) is 6.77. The van der Waals surface area contributed by atoms with Gasteiger partial charge >= 0.3 is 47.6 Å². The Morgan fingerprint density at radius 3 is 1.33 bits per heavy atom. The zero-order chi connectivity index (χ0) is 38.8. The maximum Gasteiger partial charge on any atom is 0.460 e. The quantitative estimate of drug-likeness (QED) is 0.159. The molecular weight excluding hydrogens is 749 g/mol. The first-order valence-electron chi connectivity index (χ1n) is 13.5. The van der Waals surface area contributed by atoms with Gasteiger partial charge in [-0.2, -0.15) is 65.9 Å². The number of anilines is 1. The van der Waals surface area contributed by atoms with Crippen LogP contribution in [-0.2, 0) is 4.79 Å². The van der Waals surface area contributed by atoms with E-state index in [9.17, 15) is 70.7 Å². The molecule has 1 amide bonds. The van der Waals surface area contributed by atoms with Gasteiger partial charge in [0, 0.05) is 25.2 Å². The van der Waals surface area contributed by atoms with E-state index in [2.05, 4.69) is 15.0 Å². The molecule has 52 heavy (non-hydrogen) atoms. The van der Waals surface area contributed by atoms with Crippen molar-refractivity contribution >= 4 is 11.6 Å². The molecule has 22 heteroatoms. The third-order valence-electron chi connectivity index (χ3n) is 6.77. The molecule has 0 unspecified atom stereocenters. The maximum atomic E-state index is 14.3. The highest BCUT2D eigenvalue weighted by Crippen LogP contribution is 2.62. The van der Waals surface area contributed by atoms with Crippen molar-refractivity contribution in [1.29, 1.82) is 0 Å². The SMILES string of the molecule is CO.O.O=C(Nc1ccc(-c2cc(-c3ccccn3)nc(-c3ccccn3)c2)cc1)C(F)(F)C(F)(F)C(F)(F)C(F)(F)C(F)(F)C(F)(F)C(F)(F)F. The second kappa shape index (κ2) is 14.9. The molecule has 3 heterocycles. The highest BCUT2D eigenvalue weighted by Gasteiger charge is 2.94. The van der Waals surface area contributed by atoms with Crippen LogP contribution in [-0.4, -0.2) is 80.3 Å². The smallest absolute Gasteiger partial charge is 0.412 e. The van der Waals surface area contributed by atoms with E-state index in [0.717, 1.165) is 36.7 Å². The number of amides is 1. The van der Waals surface area contributed by atoms with Crippen LogP contribution < -0.4 is 5.32 Å². The Bertz CT molecular complexity index is 1750. The summed E-state index contributed by atoms with van der Waals surface area (Å²) < 4.78 is 202. The molecule has 0 aliphatic carbocycles. The van der Waals surface area contributed by atoms with Gasteiger partial charge in [0.15, 0.2) is 0 Å². The first kappa shape index (κ1) is 43.2. The number of alkyl halides is 15. The van der Waals surface area contributed by atoms with Crippen molar-refractivity contribution in [1.82, 2.24) is 15.0 Å². The average Bonchev–Trinajstić information content (AvgIpc) is 3.09. The van der Waals surface area contributed by atoms with Gasteiger partial charge < -0.3 is 15.9 Å². The van der Waals surface area contributed by atoms with E-state index in [4.69, 9.17) is 5.11 Å². The first-order valence-corrected chi connectivity index (χ1v) is 13.5. The van der Waals surface area contributed by atoms with Crippen LogP contribution in [0.1, 0.15) is 0 Å². The Morgan fingerprint density at radius 1 is 0.538 bits per heavy atom. The van der Waals surface area contributed by atoms with Crippen LogP contribution in [0.15, 0.2) is 85.2 Å². The summed E-state index contributed by atoms with van der Waals surface area (Å²) in [5.41, 5.74) is 1.03. The van der Waals surface area contributed by atoms with Crippen molar-refractivity contribution in [2.24, 2.45) is 0 Å². The molecule has 284 valence electrons. The summed E-state index contributed by atoms with van der Waals surface area (Å²) in [5.74, 6) is -52.0. The number of hydrogen-bond acceptors (Lipinski definition) is 5. The molecule has 0 radical (unpaired) electrons. The Balaban J connectivity index is 0.00000307. The lowest BCUT2D eigenvalue weighted by Gasteiger charge is -2.41. The second-order valence-electron chi connectivity index (χ2n) is 10.0. The van der Waals surface area contributed by atoms with Crippen molar-refractivity contribution in [2.75, 3.05) is 12.4 Å². The van der Waals surface area contributed by atoms with Crippen LogP contribution in [0.3, 0.4) is 0 Å². The predicted octanol–water partition coefficient (Wildman–Crippen LogP) is 7.97. The summed E-state index contributed by atoms with van der Waals surface area (Å²) in [4.78, 5) is 24.8. The van der Waals surface area contributed by atoms with Crippen LogP contribution in [0.4, 0.5) is 71.5 Å². The number of pyridine rings is 3. The monoisotopic (exact) mass is 770 g/mol. The van der Waals surface area contributed by atoms with E-state index >= 15 is 0 Å². The molecule has 0 fully saturated rings. The molecule has 7 nitrogen and oxygen atoms in total. The molecule has 0 aliphatic rings. The van der Waals surface area contributed by atoms with E-state index in [1.165, 1.54) is 24.5 Å². The molecular formula is C30H21F15N4O3. The van der Waals surface area contributed by atoms with Crippen LogP contribution >= 0.6 is 0 Å². The van der Waals surface area contributed by atoms with Gasteiger partial charge in [-0.25, -0.2) is 4.98 Å². The number of halogens is 15. The molecule has 0 bridgehead atoms. The van der Waals surface area contributed by atoms with E-state index in [0.29, 0.717) is 28.3 Å². The summed E-state index contributed by atoms with van der Waals surface area (Å²) in [7, 11) is 1.00. The van der Waals surface area contributed by atoms with Crippen molar-refractivity contribution < 1.29 is 81.2 Å². The van der Waals surface area contributed by atoms with Crippen LogP contribution in [0, 0.1) is 0 Å². The molecule has 4 rings (SSSR count). The number of carbonyl (C=O) groups excluding carboxylic acids is 1. The lowest BCUT2D eigenvalue weighted by atomic mass is 9.91. The molecule has 1 aromatic carbocycles. The zero-order valence-electron chi connectivity index (χ0n) is 25.4. The summed E-state index contributed by atoms with van der Waals surface area (Å²) in [6.45, 7) is 0. The topological polar surface area (TPSA) is 120 Å². The predicted molar refractivity (Wildman–Crippen MR) is 152 cm³/mol. The molecule has 4 N–H and O–H groups in total. The summed E-state index contributed by atoms with van der Waals surface area (Å²) >= 11 is 0. The summed E-state index contributed by atoms with van der Waals surface area (Å²) in [6, 6.07) is 16.3. The van der Waals surface area contributed by atoms with Crippen LogP contribution in [0.5, 0.6) is 0 Å². The fraction of sp³-hybridized carbons (Fsp3) is 0.267. The number of nitrogens with zero attached hydrogens (tertiary/aromatic N) is 3. The number of aliphatic hydroxyl groups excluding tert-OH is 1. The number of aromatic nitrogens is 3. The average molecular weight is 770 g/mol. The van der Waals surface area contributed by atoms with Crippen molar-refractivity contribution in [3.8, 4) is 33.9 Å². The van der Waals surface area contributed by atoms with Gasteiger partial charge in [0.1, 0.15) is 0 Å². The Morgan fingerprint density at radius 2 is 0.942 bits per heavy atom. The normalized spacial score (nSPS) is 13.0. The van der Waals surface area contributed by atoms with Gasteiger partial charge in [-0.05, 0) is 59.7 Å². The van der Waals surface area contributed by atoms with Crippen LogP contribution in [0.25, 0.3) is 33.9 Å². The molecule has 0 atom stereocenters. The second-order valence-corrected chi connectivity index (χ2v) is 10.0. The van der Waals surface area contributed by atoms with E-state index in [1.807, 2.05) is 0 Å².